The molecule has 0 saturated carbocycles. The number of halogens is 2. The SMILES string of the molecule is N#C/C(=C/c1ccccc1Cl)c1nc(-c2ccc(F)cc2)cs1. The van der Waals surface area contributed by atoms with Gasteiger partial charge in [0.05, 0.1) is 11.3 Å². The van der Waals surface area contributed by atoms with Gasteiger partial charge < -0.3 is 0 Å². The third kappa shape index (κ3) is 3.48. The quantitative estimate of drug-likeness (QED) is 0.576. The van der Waals surface area contributed by atoms with E-state index in [1.54, 1.807) is 24.3 Å². The number of thiazole rings is 1. The fourth-order valence-electron chi connectivity index (χ4n) is 2.04. The Morgan fingerprint density at radius 1 is 1.17 bits per heavy atom. The van der Waals surface area contributed by atoms with Crippen molar-refractivity contribution in [1.29, 1.82) is 5.26 Å². The summed E-state index contributed by atoms with van der Waals surface area (Å²) in [6, 6.07) is 15.6. The van der Waals surface area contributed by atoms with Gasteiger partial charge in [-0.05, 0) is 42.0 Å². The van der Waals surface area contributed by atoms with Gasteiger partial charge >= 0.3 is 0 Å². The molecule has 1 heterocycles. The smallest absolute Gasteiger partial charge is 0.134 e. The number of allylic oxidation sites excluding steroid dienone is 1. The Labute approximate surface area is 142 Å². The Morgan fingerprint density at radius 2 is 1.91 bits per heavy atom. The van der Waals surface area contributed by atoms with Crippen LogP contribution in [0, 0.1) is 17.1 Å². The Hall–Kier alpha value is -2.48. The number of hydrogen-bond donors (Lipinski definition) is 0. The first-order valence-electron chi connectivity index (χ1n) is 6.75. The van der Waals surface area contributed by atoms with Crippen molar-refractivity contribution in [1.82, 2.24) is 4.98 Å². The first-order chi connectivity index (χ1) is 11.2. The minimum atomic E-state index is -0.291. The van der Waals surface area contributed by atoms with Crippen molar-refractivity contribution in [3.8, 4) is 17.3 Å². The van der Waals surface area contributed by atoms with Crippen LogP contribution in [-0.2, 0) is 0 Å². The van der Waals surface area contributed by atoms with Gasteiger partial charge in [0.2, 0.25) is 0 Å². The van der Waals surface area contributed by atoms with E-state index in [2.05, 4.69) is 11.1 Å². The number of hydrogen-bond acceptors (Lipinski definition) is 3. The molecule has 2 aromatic carbocycles. The lowest BCUT2D eigenvalue weighted by Gasteiger charge is -1.98. The van der Waals surface area contributed by atoms with Crippen molar-refractivity contribution in [3.05, 3.63) is 75.3 Å². The molecule has 1 aromatic heterocycles. The highest BCUT2D eigenvalue weighted by molar-refractivity contribution is 7.11. The van der Waals surface area contributed by atoms with Gasteiger partial charge in [-0.3, -0.25) is 0 Å². The van der Waals surface area contributed by atoms with Crippen molar-refractivity contribution >= 4 is 34.6 Å². The lowest BCUT2D eigenvalue weighted by molar-refractivity contribution is 0.628. The summed E-state index contributed by atoms with van der Waals surface area (Å²) in [5.41, 5.74) is 2.73. The fraction of sp³-hybridized carbons (Fsp3) is 0. The molecular weight excluding hydrogens is 331 g/mol. The molecule has 0 spiro atoms. The minimum Gasteiger partial charge on any atom is -0.235 e. The molecule has 0 radical (unpaired) electrons. The molecule has 0 N–H and O–H groups in total. The Balaban J connectivity index is 1.96. The molecule has 0 amide bonds. The van der Waals surface area contributed by atoms with Crippen LogP contribution in [0.4, 0.5) is 4.39 Å². The van der Waals surface area contributed by atoms with E-state index in [0.717, 1.165) is 11.1 Å². The normalized spacial score (nSPS) is 11.3. The van der Waals surface area contributed by atoms with Crippen molar-refractivity contribution in [3.63, 3.8) is 0 Å². The van der Waals surface area contributed by atoms with Gasteiger partial charge in [0.25, 0.3) is 0 Å². The molecule has 0 atom stereocenters. The molecule has 0 unspecified atom stereocenters. The molecule has 0 saturated heterocycles. The molecule has 0 aliphatic heterocycles. The zero-order valence-corrected chi connectivity index (χ0v) is 13.4. The van der Waals surface area contributed by atoms with E-state index >= 15 is 0 Å². The highest BCUT2D eigenvalue weighted by atomic mass is 35.5. The van der Waals surface area contributed by atoms with Crippen LogP contribution in [0.5, 0.6) is 0 Å². The summed E-state index contributed by atoms with van der Waals surface area (Å²) in [6.07, 6.45) is 1.72. The topological polar surface area (TPSA) is 36.7 Å². The van der Waals surface area contributed by atoms with E-state index in [-0.39, 0.29) is 5.82 Å². The van der Waals surface area contributed by atoms with Crippen LogP contribution in [0.15, 0.2) is 53.9 Å². The van der Waals surface area contributed by atoms with Crippen LogP contribution in [0.25, 0.3) is 22.9 Å². The van der Waals surface area contributed by atoms with E-state index in [1.165, 1.54) is 23.5 Å². The van der Waals surface area contributed by atoms with Crippen molar-refractivity contribution in [2.45, 2.75) is 0 Å². The maximum absolute atomic E-state index is 13.0. The third-order valence-electron chi connectivity index (χ3n) is 3.20. The second-order valence-electron chi connectivity index (χ2n) is 4.74. The average molecular weight is 341 g/mol. The first-order valence-corrected chi connectivity index (χ1v) is 8.01. The van der Waals surface area contributed by atoms with Crippen molar-refractivity contribution in [2.24, 2.45) is 0 Å². The summed E-state index contributed by atoms with van der Waals surface area (Å²) in [4.78, 5) is 4.47. The largest absolute Gasteiger partial charge is 0.235 e. The van der Waals surface area contributed by atoms with Crippen LogP contribution >= 0.6 is 22.9 Å². The van der Waals surface area contributed by atoms with Crippen LogP contribution in [-0.4, -0.2) is 4.98 Å². The summed E-state index contributed by atoms with van der Waals surface area (Å²) in [7, 11) is 0. The summed E-state index contributed by atoms with van der Waals surface area (Å²) in [6.45, 7) is 0. The van der Waals surface area contributed by atoms with Crippen molar-refractivity contribution in [2.75, 3.05) is 0 Å². The maximum atomic E-state index is 13.0. The third-order valence-corrected chi connectivity index (χ3v) is 4.42. The highest BCUT2D eigenvalue weighted by Gasteiger charge is 2.10. The van der Waals surface area contributed by atoms with E-state index in [9.17, 15) is 9.65 Å². The number of benzene rings is 2. The molecule has 0 aliphatic rings. The van der Waals surface area contributed by atoms with Crippen molar-refractivity contribution < 1.29 is 4.39 Å². The first kappa shape index (κ1) is 15.4. The van der Waals surface area contributed by atoms with Gasteiger partial charge in [0, 0.05) is 16.0 Å². The Bertz CT molecular complexity index is 907. The number of nitrogens with zero attached hydrogens (tertiary/aromatic N) is 2. The molecule has 2 nitrogen and oxygen atoms in total. The van der Waals surface area contributed by atoms with Gasteiger partial charge in [-0.15, -0.1) is 11.3 Å². The van der Waals surface area contributed by atoms with Crippen LogP contribution in [0.1, 0.15) is 10.6 Å². The van der Waals surface area contributed by atoms with E-state index < -0.39 is 0 Å². The highest BCUT2D eigenvalue weighted by Crippen LogP contribution is 2.28. The molecule has 5 heteroatoms. The zero-order chi connectivity index (χ0) is 16.2. The molecule has 0 fully saturated rings. The molecular formula is C18H10ClFN2S. The molecule has 0 aliphatic carbocycles. The van der Waals surface area contributed by atoms with Gasteiger partial charge in [-0.1, -0.05) is 29.8 Å². The number of rotatable bonds is 3. The molecule has 3 aromatic rings. The van der Waals surface area contributed by atoms with Crippen LogP contribution in [0.2, 0.25) is 5.02 Å². The second kappa shape index (κ2) is 6.74. The van der Waals surface area contributed by atoms with Gasteiger partial charge in [0.1, 0.15) is 16.9 Å². The maximum Gasteiger partial charge on any atom is 0.134 e. The summed E-state index contributed by atoms with van der Waals surface area (Å²) in [5.74, 6) is -0.291. The van der Waals surface area contributed by atoms with Gasteiger partial charge in [0.15, 0.2) is 0 Å². The Morgan fingerprint density at radius 3 is 2.61 bits per heavy atom. The van der Waals surface area contributed by atoms with Crippen LogP contribution < -0.4 is 0 Å². The number of aromatic nitrogens is 1. The summed E-state index contributed by atoms with van der Waals surface area (Å²) >= 11 is 7.49. The lowest BCUT2D eigenvalue weighted by atomic mass is 10.1. The van der Waals surface area contributed by atoms with E-state index in [0.29, 0.717) is 21.3 Å². The number of nitriles is 1. The monoisotopic (exact) mass is 340 g/mol. The van der Waals surface area contributed by atoms with E-state index in [1.807, 2.05) is 23.6 Å². The lowest BCUT2D eigenvalue weighted by Crippen LogP contribution is -1.84. The molecule has 23 heavy (non-hydrogen) atoms. The predicted octanol–water partition coefficient (Wildman–Crippen LogP) is 5.67. The van der Waals surface area contributed by atoms with Crippen LogP contribution in [0.3, 0.4) is 0 Å². The molecule has 0 bridgehead atoms. The zero-order valence-electron chi connectivity index (χ0n) is 11.8. The second-order valence-corrected chi connectivity index (χ2v) is 6.00. The van der Waals surface area contributed by atoms with E-state index in [4.69, 9.17) is 11.6 Å². The summed E-state index contributed by atoms with van der Waals surface area (Å²) < 4.78 is 13.0. The standard InChI is InChI=1S/C18H10ClFN2S/c19-16-4-2-1-3-13(16)9-14(10-21)18-22-17(11-23-18)12-5-7-15(20)8-6-12/h1-9,11H/b14-9-. The van der Waals surface area contributed by atoms with Gasteiger partial charge in [-0.2, -0.15) is 5.26 Å². The molecule has 112 valence electrons. The average Bonchev–Trinajstić information content (AvgIpc) is 3.04. The van der Waals surface area contributed by atoms with Gasteiger partial charge in [-0.25, -0.2) is 9.37 Å². The molecule has 3 rings (SSSR count). The Kier molecular flexibility index (Phi) is 4.52. The minimum absolute atomic E-state index is 0.291. The predicted molar refractivity (Wildman–Crippen MR) is 92.4 cm³/mol. The summed E-state index contributed by atoms with van der Waals surface area (Å²) in [5, 5.41) is 12.4. The fourth-order valence-corrected chi connectivity index (χ4v) is 3.03.